The number of aromatic nitrogens is 1. The van der Waals surface area contributed by atoms with E-state index in [2.05, 4.69) is 15.6 Å². The topological polar surface area (TPSA) is 74.3 Å². The van der Waals surface area contributed by atoms with Gasteiger partial charge in [0.25, 0.3) is 0 Å². The van der Waals surface area contributed by atoms with E-state index in [0.717, 1.165) is 17.8 Å². The fraction of sp³-hybridized carbons (Fsp3) is 0.357. The zero-order chi connectivity index (χ0) is 15.4. The molecule has 1 saturated heterocycles. The Bertz CT molecular complexity index is 573. The third-order valence-corrected chi connectivity index (χ3v) is 4.97. The van der Waals surface area contributed by atoms with Crippen molar-refractivity contribution in [1.29, 1.82) is 0 Å². The van der Waals surface area contributed by atoms with Crippen molar-refractivity contribution >= 4 is 44.7 Å². The third kappa shape index (κ3) is 3.63. The maximum absolute atomic E-state index is 12.2. The summed E-state index contributed by atoms with van der Waals surface area (Å²) >= 11 is 2.87. The molecule has 0 aromatic carbocycles. The molecule has 1 aliphatic rings. The van der Waals surface area contributed by atoms with Gasteiger partial charge in [-0.05, 0) is 30.4 Å². The average molecular weight is 336 g/mol. The Morgan fingerprint density at radius 2 is 2.18 bits per heavy atom. The van der Waals surface area contributed by atoms with E-state index in [1.807, 2.05) is 22.9 Å². The van der Waals surface area contributed by atoms with Gasteiger partial charge in [-0.15, -0.1) is 22.7 Å². The fourth-order valence-electron chi connectivity index (χ4n) is 2.40. The number of amides is 3. The molecule has 0 saturated carbocycles. The van der Waals surface area contributed by atoms with E-state index in [-0.39, 0.29) is 17.9 Å². The number of hydrogen-bond acceptors (Lipinski definition) is 5. The lowest BCUT2D eigenvalue weighted by Crippen LogP contribution is -2.45. The Balaban J connectivity index is 1.56. The molecule has 2 aromatic heterocycles. The minimum atomic E-state index is -0.188. The molecule has 0 bridgehead atoms. The van der Waals surface area contributed by atoms with Crippen molar-refractivity contribution in [2.24, 2.45) is 5.92 Å². The van der Waals surface area contributed by atoms with Crippen molar-refractivity contribution in [1.82, 2.24) is 9.88 Å². The molecule has 1 aliphatic heterocycles. The Labute approximate surface area is 136 Å². The van der Waals surface area contributed by atoms with Crippen LogP contribution in [0.4, 0.5) is 14.9 Å². The van der Waals surface area contributed by atoms with Crippen LogP contribution in [0.1, 0.15) is 12.8 Å². The third-order valence-electron chi connectivity index (χ3n) is 3.49. The summed E-state index contributed by atoms with van der Waals surface area (Å²) in [6.07, 6.45) is 3.27. The molecular formula is C14H16N4O2S2. The molecule has 3 amide bonds. The molecule has 1 unspecified atom stereocenters. The molecule has 3 heterocycles. The summed E-state index contributed by atoms with van der Waals surface area (Å²) in [5.74, 6) is -0.254. The molecule has 0 radical (unpaired) electrons. The molecule has 3 rings (SSSR count). The van der Waals surface area contributed by atoms with E-state index in [0.29, 0.717) is 18.2 Å². The number of hydrogen-bond donors (Lipinski definition) is 2. The number of urea groups is 1. The predicted octanol–water partition coefficient (Wildman–Crippen LogP) is 3.09. The number of rotatable bonds is 3. The van der Waals surface area contributed by atoms with Crippen molar-refractivity contribution in [3.05, 3.63) is 29.1 Å². The maximum Gasteiger partial charge on any atom is 0.322 e. The van der Waals surface area contributed by atoms with Crippen LogP contribution in [0.25, 0.3) is 0 Å². The molecule has 116 valence electrons. The van der Waals surface area contributed by atoms with E-state index in [9.17, 15) is 9.59 Å². The van der Waals surface area contributed by atoms with Crippen LogP contribution < -0.4 is 10.6 Å². The van der Waals surface area contributed by atoms with E-state index in [1.165, 1.54) is 22.7 Å². The summed E-state index contributed by atoms with van der Waals surface area (Å²) in [4.78, 5) is 30.2. The van der Waals surface area contributed by atoms with Crippen LogP contribution in [-0.2, 0) is 4.79 Å². The van der Waals surface area contributed by atoms with Gasteiger partial charge in [0, 0.05) is 24.7 Å². The lowest BCUT2D eigenvalue weighted by molar-refractivity contribution is -0.121. The monoisotopic (exact) mass is 336 g/mol. The van der Waals surface area contributed by atoms with Crippen LogP contribution in [0.3, 0.4) is 0 Å². The second kappa shape index (κ2) is 6.89. The molecular weight excluding hydrogens is 320 g/mol. The number of nitrogens with one attached hydrogen (secondary N) is 2. The van der Waals surface area contributed by atoms with Crippen molar-refractivity contribution in [2.45, 2.75) is 12.8 Å². The summed E-state index contributed by atoms with van der Waals surface area (Å²) in [5, 5.41) is 10.8. The highest BCUT2D eigenvalue weighted by molar-refractivity contribution is 7.14. The molecule has 0 aliphatic carbocycles. The second-order valence-corrected chi connectivity index (χ2v) is 6.86. The summed E-state index contributed by atoms with van der Waals surface area (Å²) in [5.41, 5.74) is 0. The Morgan fingerprint density at radius 3 is 2.91 bits per heavy atom. The molecule has 22 heavy (non-hydrogen) atoms. The standard InChI is InChI=1S/C14H16N4O2S2/c19-12(17-13-15-5-8-22-13)10-3-1-6-18(9-10)14(20)16-11-4-2-7-21-11/h2,4-5,7-8,10H,1,3,6,9H2,(H,16,20)(H,15,17,19). The Hall–Kier alpha value is -1.93. The van der Waals surface area contributed by atoms with Crippen LogP contribution >= 0.6 is 22.7 Å². The minimum absolute atomic E-state index is 0.0661. The number of carbonyl (C=O) groups is 2. The highest BCUT2D eigenvalue weighted by Gasteiger charge is 2.28. The maximum atomic E-state index is 12.2. The van der Waals surface area contributed by atoms with Crippen molar-refractivity contribution in [2.75, 3.05) is 23.7 Å². The van der Waals surface area contributed by atoms with Gasteiger partial charge in [0.15, 0.2) is 5.13 Å². The molecule has 8 heteroatoms. The summed E-state index contributed by atoms with van der Waals surface area (Å²) in [6, 6.07) is 3.61. The number of thiophene rings is 1. The molecule has 6 nitrogen and oxygen atoms in total. The summed E-state index contributed by atoms with van der Waals surface area (Å²) in [7, 11) is 0. The van der Waals surface area contributed by atoms with Gasteiger partial charge in [-0.1, -0.05) is 0 Å². The highest BCUT2D eigenvalue weighted by Crippen LogP contribution is 2.21. The molecule has 1 atom stereocenters. The summed E-state index contributed by atoms with van der Waals surface area (Å²) < 4.78 is 0. The van der Waals surface area contributed by atoms with Gasteiger partial charge in [0.1, 0.15) is 0 Å². The second-order valence-electron chi connectivity index (χ2n) is 5.02. The predicted molar refractivity (Wildman–Crippen MR) is 88.4 cm³/mol. The number of anilines is 2. The smallest absolute Gasteiger partial charge is 0.322 e. The number of nitrogens with zero attached hydrogens (tertiary/aromatic N) is 2. The molecule has 1 fully saturated rings. The number of likely N-dealkylation sites (tertiary alicyclic amines) is 1. The van der Waals surface area contributed by atoms with Gasteiger partial charge < -0.3 is 10.2 Å². The number of thiazole rings is 1. The Kier molecular flexibility index (Phi) is 4.69. The number of carbonyl (C=O) groups excluding carboxylic acids is 2. The van der Waals surface area contributed by atoms with Crippen LogP contribution in [0.5, 0.6) is 0 Å². The lowest BCUT2D eigenvalue weighted by atomic mass is 9.97. The average Bonchev–Trinajstić information content (AvgIpc) is 3.21. The van der Waals surface area contributed by atoms with Gasteiger partial charge in [-0.3, -0.25) is 10.1 Å². The molecule has 0 spiro atoms. The number of piperidine rings is 1. The Morgan fingerprint density at radius 1 is 1.27 bits per heavy atom. The summed E-state index contributed by atoms with van der Waals surface area (Å²) in [6.45, 7) is 1.12. The zero-order valence-electron chi connectivity index (χ0n) is 11.8. The highest BCUT2D eigenvalue weighted by atomic mass is 32.1. The fourth-order valence-corrected chi connectivity index (χ4v) is 3.54. The van der Waals surface area contributed by atoms with Gasteiger partial charge in [-0.2, -0.15) is 0 Å². The first-order chi connectivity index (χ1) is 10.7. The SMILES string of the molecule is O=C(Nc1nccs1)C1CCCN(C(=O)Nc2cccs2)C1. The van der Waals surface area contributed by atoms with Gasteiger partial charge in [-0.25, -0.2) is 9.78 Å². The largest absolute Gasteiger partial charge is 0.324 e. The van der Waals surface area contributed by atoms with Crippen LogP contribution in [0.15, 0.2) is 29.1 Å². The van der Waals surface area contributed by atoms with Crippen LogP contribution in [0.2, 0.25) is 0 Å². The van der Waals surface area contributed by atoms with Crippen LogP contribution in [-0.4, -0.2) is 34.9 Å². The van der Waals surface area contributed by atoms with Gasteiger partial charge >= 0.3 is 6.03 Å². The van der Waals surface area contributed by atoms with E-state index < -0.39 is 0 Å². The van der Waals surface area contributed by atoms with E-state index >= 15 is 0 Å². The van der Waals surface area contributed by atoms with Gasteiger partial charge in [0.05, 0.1) is 10.9 Å². The quantitative estimate of drug-likeness (QED) is 0.904. The normalized spacial score (nSPS) is 18.0. The lowest BCUT2D eigenvalue weighted by Gasteiger charge is -2.31. The van der Waals surface area contributed by atoms with Crippen molar-refractivity contribution < 1.29 is 9.59 Å². The van der Waals surface area contributed by atoms with Crippen LogP contribution in [0, 0.1) is 5.92 Å². The molecule has 2 N–H and O–H groups in total. The zero-order valence-corrected chi connectivity index (χ0v) is 13.5. The molecule has 2 aromatic rings. The van der Waals surface area contributed by atoms with Crippen molar-refractivity contribution in [3.63, 3.8) is 0 Å². The first-order valence-electron chi connectivity index (χ1n) is 7.02. The minimum Gasteiger partial charge on any atom is -0.324 e. The van der Waals surface area contributed by atoms with E-state index in [1.54, 1.807) is 11.1 Å². The first-order valence-corrected chi connectivity index (χ1v) is 8.78. The van der Waals surface area contributed by atoms with Crippen molar-refractivity contribution in [3.8, 4) is 0 Å². The van der Waals surface area contributed by atoms with Gasteiger partial charge in [0.2, 0.25) is 5.91 Å². The first kappa shape index (κ1) is 15.0. The van der Waals surface area contributed by atoms with E-state index in [4.69, 9.17) is 0 Å².